The topological polar surface area (TPSA) is 62.5 Å². The third-order valence-electron chi connectivity index (χ3n) is 3.05. The Morgan fingerprint density at radius 3 is 2.67 bits per heavy atom. The monoisotopic (exact) mass is 285 g/mol. The fourth-order valence-corrected chi connectivity index (χ4v) is 2.01. The van der Waals surface area contributed by atoms with E-state index in [1.807, 2.05) is 43.3 Å². The summed E-state index contributed by atoms with van der Waals surface area (Å²) in [6.45, 7) is 1.74. The molecular formula is C17H19NO3. The van der Waals surface area contributed by atoms with Crippen molar-refractivity contribution in [2.75, 3.05) is 6.61 Å². The van der Waals surface area contributed by atoms with Crippen molar-refractivity contribution in [1.29, 1.82) is 0 Å². The molecule has 1 aromatic carbocycles. The molecule has 4 heteroatoms. The van der Waals surface area contributed by atoms with Gasteiger partial charge in [0.05, 0.1) is 12.6 Å². The summed E-state index contributed by atoms with van der Waals surface area (Å²) in [4.78, 5) is 11.8. The molecule has 0 radical (unpaired) electrons. The lowest BCUT2D eigenvalue weighted by atomic mass is 10.1. The molecule has 0 saturated carbocycles. The molecule has 4 nitrogen and oxygen atoms in total. The first-order chi connectivity index (χ1) is 10.2. The van der Waals surface area contributed by atoms with Gasteiger partial charge in [-0.2, -0.15) is 0 Å². The van der Waals surface area contributed by atoms with Crippen molar-refractivity contribution in [2.45, 2.75) is 19.4 Å². The van der Waals surface area contributed by atoms with Crippen LogP contribution in [0.1, 0.15) is 17.1 Å². The van der Waals surface area contributed by atoms with Gasteiger partial charge in [0.25, 0.3) is 0 Å². The van der Waals surface area contributed by atoms with Crippen molar-refractivity contribution in [3.8, 4) is 0 Å². The molecule has 0 bridgehead atoms. The van der Waals surface area contributed by atoms with Crippen molar-refractivity contribution < 1.29 is 14.3 Å². The number of nitrogens with one attached hydrogen (secondary N) is 1. The zero-order chi connectivity index (χ0) is 15.1. The highest BCUT2D eigenvalue weighted by atomic mass is 16.3. The van der Waals surface area contributed by atoms with E-state index in [2.05, 4.69) is 5.32 Å². The zero-order valence-corrected chi connectivity index (χ0v) is 12.0. The Morgan fingerprint density at radius 2 is 2.05 bits per heavy atom. The molecule has 0 fully saturated rings. The van der Waals surface area contributed by atoms with E-state index < -0.39 is 0 Å². The minimum Gasteiger partial charge on any atom is -0.462 e. The maximum atomic E-state index is 11.8. The van der Waals surface area contributed by atoms with Gasteiger partial charge in [-0.25, -0.2) is 0 Å². The number of hydrogen-bond donors (Lipinski definition) is 2. The molecular weight excluding hydrogens is 266 g/mol. The standard InChI is InChI=1S/C17H19NO3/c1-13-7-8-16(21-13)9-10-17(20)18-15(12-19)11-14-5-3-2-4-6-14/h2-10,15,19H,11-12H2,1H3,(H,18,20)/b10-9+/t15-/m1/s1. The molecule has 2 N–H and O–H groups in total. The predicted octanol–water partition coefficient (Wildman–Crippen LogP) is 2.32. The van der Waals surface area contributed by atoms with Gasteiger partial charge in [-0.15, -0.1) is 0 Å². The quantitative estimate of drug-likeness (QED) is 0.801. The second kappa shape index (κ2) is 7.45. The molecule has 1 atom stereocenters. The fourth-order valence-electron chi connectivity index (χ4n) is 2.01. The Morgan fingerprint density at radius 1 is 1.29 bits per heavy atom. The molecule has 1 heterocycles. The van der Waals surface area contributed by atoms with Gasteiger partial charge in [-0.05, 0) is 37.1 Å². The molecule has 2 aromatic rings. The highest BCUT2D eigenvalue weighted by Crippen LogP contribution is 2.08. The normalized spacial score (nSPS) is 12.5. The summed E-state index contributed by atoms with van der Waals surface area (Å²) in [6.07, 6.45) is 3.61. The predicted molar refractivity (Wildman–Crippen MR) is 81.6 cm³/mol. The van der Waals surface area contributed by atoms with Crippen LogP contribution in [-0.2, 0) is 11.2 Å². The average Bonchev–Trinajstić information content (AvgIpc) is 2.91. The van der Waals surface area contributed by atoms with Crippen molar-refractivity contribution >= 4 is 12.0 Å². The number of rotatable bonds is 6. The Labute approximate surface area is 124 Å². The van der Waals surface area contributed by atoms with E-state index in [0.29, 0.717) is 12.2 Å². The summed E-state index contributed by atoms with van der Waals surface area (Å²) in [7, 11) is 0. The van der Waals surface area contributed by atoms with Crippen LogP contribution in [0, 0.1) is 6.92 Å². The van der Waals surface area contributed by atoms with Gasteiger partial charge in [-0.3, -0.25) is 4.79 Å². The number of amides is 1. The highest BCUT2D eigenvalue weighted by molar-refractivity contribution is 5.91. The molecule has 0 aliphatic carbocycles. The average molecular weight is 285 g/mol. The van der Waals surface area contributed by atoms with E-state index >= 15 is 0 Å². The summed E-state index contributed by atoms with van der Waals surface area (Å²) >= 11 is 0. The van der Waals surface area contributed by atoms with Gasteiger partial charge < -0.3 is 14.8 Å². The van der Waals surface area contributed by atoms with E-state index in [1.54, 1.807) is 12.1 Å². The lowest BCUT2D eigenvalue weighted by molar-refractivity contribution is -0.117. The molecule has 0 aliphatic rings. The molecule has 2 rings (SSSR count). The van der Waals surface area contributed by atoms with Crippen LogP contribution >= 0.6 is 0 Å². The second-order valence-corrected chi connectivity index (χ2v) is 4.86. The van der Waals surface area contributed by atoms with E-state index in [9.17, 15) is 9.90 Å². The van der Waals surface area contributed by atoms with Gasteiger partial charge in [-0.1, -0.05) is 30.3 Å². The maximum absolute atomic E-state index is 11.8. The first-order valence-electron chi connectivity index (χ1n) is 6.87. The van der Waals surface area contributed by atoms with Crippen LogP contribution in [-0.4, -0.2) is 23.7 Å². The number of aryl methyl sites for hydroxylation is 1. The maximum Gasteiger partial charge on any atom is 0.244 e. The second-order valence-electron chi connectivity index (χ2n) is 4.86. The van der Waals surface area contributed by atoms with Gasteiger partial charge in [0, 0.05) is 6.08 Å². The van der Waals surface area contributed by atoms with Crippen LogP contribution in [0.2, 0.25) is 0 Å². The van der Waals surface area contributed by atoms with Gasteiger partial charge in [0.1, 0.15) is 11.5 Å². The van der Waals surface area contributed by atoms with Crippen LogP contribution in [0.4, 0.5) is 0 Å². The minimum atomic E-state index is -0.303. The Bertz CT molecular complexity index is 602. The van der Waals surface area contributed by atoms with E-state index in [-0.39, 0.29) is 18.6 Å². The fraction of sp³-hybridized carbons (Fsp3) is 0.235. The number of hydrogen-bond acceptors (Lipinski definition) is 3. The lowest BCUT2D eigenvalue weighted by Crippen LogP contribution is -2.38. The lowest BCUT2D eigenvalue weighted by Gasteiger charge is -2.15. The minimum absolute atomic E-state index is 0.103. The zero-order valence-electron chi connectivity index (χ0n) is 12.0. The molecule has 0 saturated heterocycles. The first kappa shape index (κ1) is 15.1. The summed E-state index contributed by atoms with van der Waals surface area (Å²) in [6, 6.07) is 13.1. The number of furan rings is 1. The van der Waals surface area contributed by atoms with Gasteiger partial charge in [0.2, 0.25) is 5.91 Å². The molecule has 0 spiro atoms. The van der Waals surface area contributed by atoms with Crippen molar-refractivity contribution in [1.82, 2.24) is 5.32 Å². The van der Waals surface area contributed by atoms with E-state index in [4.69, 9.17) is 4.42 Å². The van der Waals surface area contributed by atoms with Crippen molar-refractivity contribution in [2.24, 2.45) is 0 Å². The number of aliphatic hydroxyl groups is 1. The number of carbonyl (C=O) groups is 1. The largest absolute Gasteiger partial charge is 0.462 e. The third-order valence-corrected chi connectivity index (χ3v) is 3.05. The van der Waals surface area contributed by atoms with Crippen LogP contribution in [0.25, 0.3) is 6.08 Å². The van der Waals surface area contributed by atoms with E-state index in [1.165, 1.54) is 6.08 Å². The SMILES string of the molecule is Cc1ccc(/C=C/C(=O)N[C@@H](CO)Cc2ccccc2)o1. The molecule has 0 unspecified atom stereocenters. The number of aliphatic hydroxyl groups excluding tert-OH is 1. The molecule has 21 heavy (non-hydrogen) atoms. The van der Waals surface area contributed by atoms with Crippen LogP contribution in [0.3, 0.4) is 0 Å². The Hall–Kier alpha value is -2.33. The highest BCUT2D eigenvalue weighted by Gasteiger charge is 2.10. The Kier molecular flexibility index (Phi) is 5.35. The summed E-state index contributed by atoms with van der Waals surface area (Å²) in [5.74, 6) is 1.18. The van der Waals surface area contributed by atoms with Crippen molar-refractivity contribution in [3.63, 3.8) is 0 Å². The van der Waals surface area contributed by atoms with Crippen LogP contribution in [0.15, 0.2) is 53.0 Å². The van der Waals surface area contributed by atoms with Crippen molar-refractivity contribution in [3.05, 3.63) is 65.6 Å². The van der Waals surface area contributed by atoms with Gasteiger partial charge in [0.15, 0.2) is 0 Å². The molecule has 0 aliphatic heterocycles. The summed E-state index contributed by atoms with van der Waals surface area (Å²) in [5, 5.41) is 12.1. The third kappa shape index (κ3) is 4.93. The Balaban J connectivity index is 1.89. The van der Waals surface area contributed by atoms with Crippen LogP contribution < -0.4 is 5.32 Å². The summed E-state index contributed by atoms with van der Waals surface area (Å²) < 4.78 is 5.34. The van der Waals surface area contributed by atoms with E-state index in [0.717, 1.165) is 11.3 Å². The summed E-state index contributed by atoms with van der Waals surface area (Å²) in [5.41, 5.74) is 1.07. The van der Waals surface area contributed by atoms with Crippen LogP contribution in [0.5, 0.6) is 0 Å². The molecule has 1 aromatic heterocycles. The first-order valence-corrected chi connectivity index (χ1v) is 6.87. The number of benzene rings is 1. The number of carbonyl (C=O) groups excluding carboxylic acids is 1. The van der Waals surface area contributed by atoms with Gasteiger partial charge >= 0.3 is 0 Å². The molecule has 1 amide bonds. The smallest absolute Gasteiger partial charge is 0.244 e. The molecule has 110 valence electrons.